The van der Waals surface area contributed by atoms with Crippen LogP contribution in [0.3, 0.4) is 0 Å². The Labute approximate surface area is 173 Å². The molecule has 0 fully saturated rings. The number of nitrogens with one attached hydrogen (secondary N) is 1. The summed E-state index contributed by atoms with van der Waals surface area (Å²) in [6.45, 7) is 0. The van der Waals surface area contributed by atoms with E-state index < -0.39 is 17.8 Å². The van der Waals surface area contributed by atoms with Crippen LogP contribution < -0.4 is 16.8 Å². The summed E-state index contributed by atoms with van der Waals surface area (Å²) in [5, 5.41) is 4.01. The van der Waals surface area contributed by atoms with Crippen LogP contribution in [0.5, 0.6) is 0 Å². The lowest BCUT2D eigenvalue weighted by atomic mass is 10.1. The number of alkyl halides is 3. The Morgan fingerprint density at radius 1 is 0.900 bits per heavy atom. The first kappa shape index (κ1) is 19.7. The third-order valence-electron chi connectivity index (χ3n) is 4.27. The minimum Gasteiger partial charge on any atom is -0.398 e. The molecule has 0 aliphatic rings. The number of benzene rings is 2. The molecule has 0 bridgehead atoms. The third-order valence-corrected chi connectivity index (χ3v) is 4.50. The van der Waals surface area contributed by atoms with E-state index in [9.17, 15) is 13.2 Å². The molecular formula is C20H14ClF3N6. The predicted octanol–water partition coefficient (Wildman–Crippen LogP) is 5.27. The first-order valence-corrected chi connectivity index (χ1v) is 9.02. The molecule has 0 unspecified atom stereocenters. The van der Waals surface area contributed by atoms with Gasteiger partial charge in [-0.05, 0) is 36.4 Å². The summed E-state index contributed by atoms with van der Waals surface area (Å²) in [5.74, 6) is -0.572. The van der Waals surface area contributed by atoms with Gasteiger partial charge in [0, 0.05) is 33.4 Å². The van der Waals surface area contributed by atoms with Gasteiger partial charge in [0.25, 0.3) is 0 Å². The standard InChI is InChI=1S/C20H14ClF3N6/c21-11-3-1-2-10(6-11)16-8-14(25)13-7-12(4-5-15(13)28-16)27-18-9-17(20(22,23)24)29-19(26)30-18/h1-9H,(H2,25,28)(H3,26,27,29,30). The average Bonchev–Trinajstić information content (AvgIpc) is 2.67. The lowest BCUT2D eigenvalue weighted by Gasteiger charge is -2.12. The van der Waals surface area contributed by atoms with Crippen molar-refractivity contribution < 1.29 is 13.2 Å². The summed E-state index contributed by atoms with van der Waals surface area (Å²) in [6.07, 6.45) is -4.64. The van der Waals surface area contributed by atoms with Crippen LogP contribution in [0, 0.1) is 0 Å². The Kier molecular flexibility index (Phi) is 4.83. The highest BCUT2D eigenvalue weighted by molar-refractivity contribution is 6.30. The second-order valence-corrected chi connectivity index (χ2v) is 6.89. The molecule has 4 rings (SSSR count). The third kappa shape index (κ3) is 4.06. The van der Waals surface area contributed by atoms with Crippen LogP contribution in [0.1, 0.15) is 5.69 Å². The van der Waals surface area contributed by atoms with Gasteiger partial charge >= 0.3 is 6.18 Å². The lowest BCUT2D eigenvalue weighted by molar-refractivity contribution is -0.141. The predicted molar refractivity (Wildman–Crippen MR) is 111 cm³/mol. The van der Waals surface area contributed by atoms with Crippen molar-refractivity contribution >= 4 is 45.6 Å². The molecule has 152 valence electrons. The van der Waals surface area contributed by atoms with Crippen LogP contribution in [0.2, 0.25) is 5.02 Å². The van der Waals surface area contributed by atoms with Gasteiger partial charge in [-0.25, -0.2) is 9.97 Å². The van der Waals surface area contributed by atoms with E-state index in [1.165, 1.54) is 0 Å². The van der Waals surface area contributed by atoms with Gasteiger partial charge in [0.2, 0.25) is 5.95 Å². The Bertz CT molecular complexity index is 1260. The van der Waals surface area contributed by atoms with E-state index >= 15 is 0 Å². The van der Waals surface area contributed by atoms with E-state index in [2.05, 4.69) is 20.3 Å². The van der Waals surface area contributed by atoms with E-state index in [4.69, 9.17) is 23.1 Å². The maximum atomic E-state index is 12.9. The van der Waals surface area contributed by atoms with Crippen LogP contribution in [0.15, 0.2) is 54.6 Å². The zero-order valence-corrected chi connectivity index (χ0v) is 16.0. The zero-order chi connectivity index (χ0) is 21.5. The number of anilines is 4. The minimum atomic E-state index is -4.64. The van der Waals surface area contributed by atoms with Crippen molar-refractivity contribution in [3.05, 3.63) is 65.3 Å². The lowest BCUT2D eigenvalue weighted by Crippen LogP contribution is -2.12. The van der Waals surface area contributed by atoms with Crippen LogP contribution in [-0.2, 0) is 6.18 Å². The van der Waals surface area contributed by atoms with Gasteiger partial charge in [0.05, 0.1) is 11.2 Å². The molecular weight excluding hydrogens is 417 g/mol. The van der Waals surface area contributed by atoms with Gasteiger partial charge < -0.3 is 16.8 Å². The van der Waals surface area contributed by atoms with E-state index in [0.29, 0.717) is 33.0 Å². The number of aromatic nitrogens is 3. The van der Waals surface area contributed by atoms with Crippen LogP contribution in [-0.4, -0.2) is 15.0 Å². The van der Waals surface area contributed by atoms with E-state index in [1.54, 1.807) is 36.4 Å². The number of pyridine rings is 1. The van der Waals surface area contributed by atoms with Crippen LogP contribution in [0.4, 0.5) is 36.3 Å². The molecule has 0 spiro atoms. The van der Waals surface area contributed by atoms with Gasteiger partial charge in [-0.15, -0.1) is 0 Å². The zero-order valence-electron chi connectivity index (χ0n) is 15.2. The molecule has 30 heavy (non-hydrogen) atoms. The molecule has 0 atom stereocenters. The van der Waals surface area contributed by atoms with E-state index in [-0.39, 0.29) is 5.82 Å². The molecule has 0 aliphatic heterocycles. The molecule has 10 heteroatoms. The first-order chi connectivity index (χ1) is 14.2. The monoisotopic (exact) mass is 430 g/mol. The molecule has 0 saturated carbocycles. The number of fused-ring (bicyclic) bond motifs is 1. The summed E-state index contributed by atoms with van der Waals surface area (Å²) < 4.78 is 38.8. The fourth-order valence-electron chi connectivity index (χ4n) is 2.95. The van der Waals surface area contributed by atoms with Crippen molar-refractivity contribution in [1.82, 2.24) is 15.0 Å². The summed E-state index contributed by atoms with van der Waals surface area (Å²) in [5.41, 5.74) is 13.5. The maximum Gasteiger partial charge on any atom is 0.433 e. The molecule has 6 nitrogen and oxygen atoms in total. The topological polar surface area (TPSA) is 103 Å². The average molecular weight is 431 g/mol. The SMILES string of the molecule is Nc1nc(Nc2ccc3nc(-c4cccc(Cl)c4)cc(N)c3c2)cc(C(F)(F)F)n1. The first-order valence-electron chi connectivity index (χ1n) is 8.64. The number of nitrogen functional groups attached to an aromatic ring is 2. The second kappa shape index (κ2) is 7.34. The Balaban J connectivity index is 1.70. The molecule has 2 aromatic carbocycles. The fourth-order valence-corrected chi connectivity index (χ4v) is 3.14. The van der Waals surface area contributed by atoms with Gasteiger partial charge in [0.15, 0.2) is 5.69 Å². The van der Waals surface area contributed by atoms with Gasteiger partial charge in [0.1, 0.15) is 5.82 Å². The Morgan fingerprint density at radius 3 is 2.43 bits per heavy atom. The molecule has 2 aromatic heterocycles. The highest BCUT2D eigenvalue weighted by atomic mass is 35.5. The maximum absolute atomic E-state index is 12.9. The molecule has 0 aliphatic carbocycles. The van der Waals surface area contributed by atoms with Crippen molar-refractivity contribution in [2.45, 2.75) is 6.18 Å². The van der Waals surface area contributed by atoms with Crippen molar-refractivity contribution in [3.63, 3.8) is 0 Å². The number of nitrogens with zero attached hydrogens (tertiary/aromatic N) is 3. The van der Waals surface area contributed by atoms with Gasteiger partial charge in [-0.1, -0.05) is 23.7 Å². The summed E-state index contributed by atoms with van der Waals surface area (Å²) in [4.78, 5) is 11.6. The van der Waals surface area contributed by atoms with Crippen molar-refractivity contribution in [3.8, 4) is 11.3 Å². The van der Waals surface area contributed by atoms with Crippen LogP contribution >= 0.6 is 11.6 Å². The highest BCUT2D eigenvalue weighted by Crippen LogP contribution is 2.32. The minimum absolute atomic E-state index is 0.0868. The van der Waals surface area contributed by atoms with Gasteiger partial charge in [-0.2, -0.15) is 18.2 Å². The number of halogens is 4. The quantitative estimate of drug-likeness (QED) is 0.409. The Hall–Kier alpha value is -3.59. The summed E-state index contributed by atoms with van der Waals surface area (Å²) in [7, 11) is 0. The number of hydrogen-bond acceptors (Lipinski definition) is 6. The Morgan fingerprint density at radius 2 is 1.70 bits per heavy atom. The fraction of sp³-hybridized carbons (Fsp3) is 0.0500. The molecule has 0 radical (unpaired) electrons. The van der Waals surface area contributed by atoms with Crippen LogP contribution in [0.25, 0.3) is 22.2 Å². The van der Waals surface area contributed by atoms with Crippen molar-refractivity contribution in [1.29, 1.82) is 0 Å². The molecule has 5 N–H and O–H groups in total. The van der Waals surface area contributed by atoms with Gasteiger partial charge in [-0.3, -0.25) is 0 Å². The number of hydrogen-bond donors (Lipinski definition) is 3. The number of rotatable bonds is 3. The molecule has 0 saturated heterocycles. The molecule has 2 heterocycles. The van der Waals surface area contributed by atoms with E-state index in [0.717, 1.165) is 11.6 Å². The summed E-state index contributed by atoms with van der Waals surface area (Å²) in [6, 6.07) is 14.7. The van der Waals surface area contributed by atoms with Crippen molar-refractivity contribution in [2.24, 2.45) is 0 Å². The van der Waals surface area contributed by atoms with E-state index in [1.807, 2.05) is 12.1 Å². The van der Waals surface area contributed by atoms with Crippen molar-refractivity contribution in [2.75, 3.05) is 16.8 Å². The highest BCUT2D eigenvalue weighted by Gasteiger charge is 2.33. The number of nitrogens with two attached hydrogens (primary N) is 2. The normalized spacial score (nSPS) is 11.6. The summed E-state index contributed by atoms with van der Waals surface area (Å²) >= 11 is 6.04. The molecule has 4 aromatic rings. The smallest absolute Gasteiger partial charge is 0.398 e. The largest absolute Gasteiger partial charge is 0.433 e. The second-order valence-electron chi connectivity index (χ2n) is 6.46. The molecule has 0 amide bonds.